The third kappa shape index (κ3) is 2.45. The lowest BCUT2D eigenvalue weighted by atomic mass is 10.2. The number of nitrogens with zero attached hydrogens (tertiary/aromatic N) is 4. The standard InChI is InChI=1S/C12H17N7O/c1-6(2)10-15-11(17-14)7(3)12(16-10)19-5-4-8(18-19)9(13)20/h4-6H,14H2,1-3H3,(H2,13,20)(H,15,16,17). The van der Waals surface area contributed by atoms with Gasteiger partial charge in [-0.05, 0) is 13.0 Å². The van der Waals surface area contributed by atoms with Crippen LogP contribution in [0, 0.1) is 6.92 Å². The van der Waals surface area contributed by atoms with Crippen LogP contribution in [-0.2, 0) is 0 Å². The van der Waals surface area contributed by atoms with E-state index in [0.29, 0.717) is 17.5 Å². The Morgan fingerprint density at radius 2 is 2.10 bits per heavy atom. The number of carbonyl (C=O) groups excluding carboxylic acids is 1. The first-order chi connectivity index (χ1) is 9.43. The molecule has 0 aliphatic carbocycles. The molecule has 0 saturated carbocycles. The maximum Gasteiger partial charge on any atom is 0.269 e. The molecule has 20 heavy (non-hydrogen) atoms. The molecular formula is C12H17N7O. The summed E-state index contributed by atoms with van der Waals surface area (Å²) in [5, 5.41) is 4.10. The quantitative estimate of drug-likeness (QED) is 0.550. The average molecular weight is 275 g/mol. The van der Waals surface area contributed by atoms with Crippen molar-refractivity contribution in [3.05, 3.63) is 29.3 Å². The van der Waals surface area contributed by atoms with E-state index in [1.807, 2.05) is 20.8 Å². The van der Waals surface area contributed by atoms with Gasteiger partial charge in [0.15, 0.2) is 5.82 Å². The third-order valence-corrected chi connectivity index (χ3v) is 2.85. The molecular weight excluding hydrogens is 258 g/mol. The number of carbonyl (C=O) groups is 1. The fourth-order valence-electron chi connectivity index (χ4n) is 1.72. The first-order valence-electron chi connectivity index (χ1n) is 6.15. The predicted octanol–water partition coefficient (Wildman–Crippen LogP) is 0.479. The van der Waals surface area contributed by atoms with Gasteiger partial charge in [0.1, 0.15) is 17.3 Å². The highest BCUT2D eigenvalue weighted by molar-refractivity contribution is 5.90. The number of rotatable bonds is 4. The molecule has 0 fully saturated rings. The number of aromatic nitrogens is 4. The smallest absolute Gasteiger partial charge is 0.269 e. The van der Waals surface area contributed by atoms with Crippen molar-refractivity contribution in [2.24, 2.45) is 11.6 Å². The third-order valence-electron chi connectivity index (χ3n) is 2.85. The molecule has 106 valence electrons. The number of hydrogen-bond donors (Lipinski definition) is 3. The van der Waals surface area contributed by atoms with Crippen molar-refractivity contribution in [3.8, 4) is 5.82 Å². The molecule has 8 nitrogen and oxygen atoms in total. The van der Waals surface area contributed by atoms with Crippen molar-refractivity contribution in [2.75, 3.05) is 5.43 Å². The van der Waals surface area contributed by atoms with Gasteiger partial charge in [-0.2, -0.15) is 5.10 Å². The molecule has 2 rings (SSSR count). The van der Waals surface area contributed by atoms with Gasteiger partial charge in [0.05, 0.1) is 0 Å². The molecule has 0 aromatic carbocycles. The molecule has 0 bridgehead atoms. The van der Waals surface area contributed by atoms with Crippen LogP contribution in [0.4, 0.5) is 5.82 Å². The van der Waals surface area contributed by atoms with Gasteiger partial charge in [-0.3, -0.25) is 4.79 Å². The number of nitrogen functional groups attached to an aromatic ring is 1. The Bertz CT molecular complexity index is 647. The van der Waals surface area contributed by atoms with Gasteiger partial charge in [0.2, 0.25) is 0 Å². The van der Waals surface area contributed by atoms with Gasteiger partial charge in [-0.15, -0.1) is 0 Å². The number of hydrazine groups is 1. The molecule has 2 aromatic rings. The average Bonchev–Trinajstić information content (AvgIpc) is 2.88. The fourth-order valence-corrected chi connectivity index (χ4v) is 1.72. The Hall–Kier alpha value is -2.48. The van der Waals surface area contributed by atoms with Gasteiger partial charge in [0.25, 0.3) is 5.91 Å². The second-order valence-corrected chi connectivity index (χ2v) is 4.69. The topological polar surface area (TPSA) is 125 Å². The van der Waals surface area contributed by atoms with E-state index in [1.54, 1.807) is 6.20 Å². The van der Waals surface area contributed by atoms with Crippen LogP contribution in [0.15, 0.2) is 12.3 Å². The number of hydrogen-bond acceptors (Lipinski definition) is 6. The Morgan fingerprint density at radius 1 is 1.40 bits per heavy atom. The lowest BCUT2D eigenvalue weighted by Gasteiger charge is -2.13. The zero-order chi connectivity index (χ0) is 14.9. The van der Waals surface area contributed by atoms with E-state index >= 15 is 0 Å². The van der Waals surface area contributed by atoms with E-state index in [0.717, 1.165) is 5.56 Å². The van der Waals surface area contributed by atoms with Gasteiger partial charge < -0.3 is 11.2 Å². The van der Waals surface area contributed by atoms with E-state index in [1.165, 1.54) is 10.7 Å². The van der Waals surface area contributed by atoms with Crippen molar-refractivity contribution in [2.45, 2.75) is 26.7 Å². The van der Waals surface area contributed by atoms with Crippen LogP contribution in [-0.4, -0.2) is 25.7 Å². The molecule has 0 radical (unpaired) electrons. The number of primary amides is 1. The van der Waals surface area contributed by atoms with Crippen LogP contribution in [0.3, 0.4) is 0 Å². The molecule has 5 N–H and O–H groups in total. The second-order valence-electron chi connectivity index (χ2n) is 4.69. The maximum atomic E-state index is 11.1. The van der Waals surface area contributed by atoms with E-state index in [4.69, 9.17) is 11.6 Å². The monoisotopic (exact) mass is 275 g/mol. The van der Waals surface area contributed by atoms with Crippen LogP contribution in [0.1, 0.15) is 41.6 Å². The van der Waals surface area contributed by atoms with Crippen molar-refractivity contribution < 1.29 is 4.79 Å². The van der Waals surface area contributed by atoms with E-state index in [2.05, 4.69) is 20.5 Å². The van der Waals surface area contributed by atoms with Crippen molar-refractivity contribution in [1.82, 2.24) is 19.7 Å². The Kier molecular flexibility index (Phi) is 3.66. The predicted molar refractivity (Wildman–Crippen MR) is 74.3 cm³/mol. The summed E-state index contributed by atoms with van der Waals surface area (Å²) in [6.07, 6.45) is 1.62. The Morgan fingerprint density at radius 3 is 2.60 bits per heavy atom. The fraction of sp³-hybridized carbons (Fsp3) is 0.333. The van der Waals surface area contributed by atoms with Gasteiger partial charge in [0, 0.05) is 17.7 Å². The maximum absolute atomic E-state index is 11.1. The molecule has 1 amide bonds. The Balaban J connectivity index is 2.59. The van der Waals surface area contributed by atoms with Crippen molar-refractivity contribution in [3.63, 3.8) is 0 Å². The number of amides is 1. The molecule has 0 unspecified atom stereocenters. The molecule has 0 saturated heterocycles. The van der Waals surface area contributed by atoms with Crippen LogP contribution in [0.2, 0.25) is 0 Å². The summed E-state index contributed by atoms with van der Waals surface area (Å²) in [4.78, 5) is 19.9. The number of nitrogens with one attached hydrogen (secondary N) is 1. The summed E-state index contributed by atoms with van der Waals surface area (Å²) in [6, 6.07) is 1.54. The lowest BCUT2D eigenvalue weighted by Crippen LogP contribution is -2.17. The summed E-state index contributed by atoms with van der Waals surface area (Å²) in [6.45, 7) is 5.78. The van der Waals surface area contributed by atoms with Crippen LogP contribution >= 0.6 is 0 Å². The van der Waals surface area contributed by atoms with Crippen molar-refractivity contribution >= 4 is 11.7 Å². The molecule has 2 heterocycles. The highest BCUT2D eigenvalue weighted by Gasteiger charge is 2.15. The summed E-state index contributed by atoms with van der Waals surface area (Å²) >= 11 is 0. The lowest BCUT2D eigenvalue weighted by molar-refractivity contribution is 0.0995. The molecule has 8 heteroatoms. The summed E-state index contributed by atoms with van der Waals surface area (Å²) < 4.78 is 1.49. The van der Waals surface area contributed by atoms with Gasteiger partial charge >= 0.3 is 0 Å². The first kappa shape index (κ1) is 13.9. The zero-order valence-electron chi connectivity index (χ0n) is 11.6. The minimum Gasteiger partial charge on any atom is -0.364 e. The SMILES string of the molecule is Cc1c(NN)nc(C(C)C)nc1-n1ccc(C(N)=O)n1. The molecule has 0 spiro atoms. The van der Waals surface area contributed by atoms with E-state index in [-0.39, 0.29) is 11.6 Å². The molecule has 0 aliphatic heterocycles. The largest absolute Gasteiger partial charge is 0.364 e. The zero-order valence-corrected chi connectivity index (χ0v) is 11.6. The summed E-state index contributed by atoms with van der Waals surface area (Å²) in [5.74, 6) is 6.74. The van der Waals surface area contributed by atoms with Gasteiger partial charge in [-0.25, -0.2) is 20.5 Å². The minimum absolute atomic E-state index is 0.132. The Labute approximate surface area is 116 Å². The highest BCUT2D eigenvalue weighted by Crippen LogP contribution is 2.21. The summed E-state index contributed by atoms with van der Waals surface area (Å²) in [7, 11) is 0. The number of anilines is 1. The molecule has 0 aliphatic rings. The highest BCUT2D eigenvalue weighted by atomic mass is 16.1. The number of nitrogens with two attached hydrogens (primary N) is 2. The second kappa shape index (κ2) is 5.25. The van der Waals surface area contributed by atoms with E-state index in [9.17, 15) is 4.79 Å². The normalized spacial score (nSPS) is 10.8. The summed E-state index contributed by atoms with van der Waals surface area (Å²) in [5.41, 5.74) is 8.65. The molecule has 0 atom stereocenters. The van der Waals surface area contributed by atoms with Gasteiger partial charge in [-0.1, -0.05) is 13.8 Å². The molecule has 2 aromatic heterocycles. The van der Waals surface area contributed by atoms with E-state index < -0.39 is 5.91 Å². The minimum atomic E-state index is -0.586. The van der Waals surface area contributed by atoms with Crippen LogP contribution in [0.5, 0.6) is 0 Å². The van der Waals surface area contributed by atoms with Crippen LogP contribution < -0.4 is 17.0 Å². The van der Waals surface area contributed by atoms with Crippen LogP contribution in [0.25, 0.3) is 5.82 Å². The van der Waals surface area contributed by atoms with Crippen molar-refractivity contribution in [1.29, 1.82) is 0 Å². The first-order valence-corrected chi connectivity index (χ1v) is 6.15.